The van der Waals surface area contributed by atoms with E-state index in [-0.39, 0.29) is 10.8 Å². The molecular weight excluding hydrogens is 482 g/mol. The first-order chi connectivity index (χ1) is 18.7. The Hall–Kier alpha value is -2.01. The van der Waals surface area contributed by atoms with Gasteiger partial charge in [-0.3, -0.25) is 4.98 Å². The molecule has 0 bridgehead atoms. The van der Waals surface area contributed by atoms with E-state index in [1.54, 1.807) is 0 Å². The van der Waals surface area contributed by atoms with Crippen LogP contribution in [0.5, 0.6) is 0 Å². The van der Waals surface area contributed by atoms with Crippen molar-refractivity contribution < 1.29 is 15.3 Å². The minimum Gasteiger partial charge on any atom is -0.393 e. The molecule has 1 heterocycles. The van der Waals surface area contributed by atoms with Gasteiger partial charge in [0.25, 0.3) is 0 Å². The van der Waals surface area contributed by atoms with Crippen LogP contribution in [0, 0.1) is 23.2 Å². The summed E-state index contributed by atoms with van der Waals surface area (Å²) in [5.41, 5.74) is 5.70. The van der Waals surface area contributed by atoms with Crippen molar-refractivity contribution in [3.8, 4) is 0 Å². The van der Waals surface area contributed by atoms with E-state index in [1.165, 1.54) is 36.8 Å². The summed E-state index contributed by atoms with van der Waals surface area (Å²) < 4.78 is 0. The Bertz CT molecular complexity index is 1140. The smallest absolute Gasteiger partial charge is 0.0832 e. The SMILES string of the molecule is C=C1/C(=C\C=C2/CCC[C@]3(C)[C@@H]([C@H](C)/C=C/[C@H](O)C4(c5cc(CCC)ccn5)CC4)CC[C@@H]23)C[C@@H](O)C[C@@H]1O. The van der Waals surface area contributed by atoms with Crippen LogP contribution in [0.3, 0.4) is 0 Å². The summed E-state index contributed by atoms with van der Waals surface area (Å²) in [6, 6.07) is 4.32. The van der Waals surface area contributed by atoms with Crippen molar-refractivity contribution >= 4 is 0 Å². The maximum absolute atomic E-state index is 11.3. The number of pyridine rings is 1. The zero-order valence-electron chi connectivity index (χ0n) is 24.3. The van der Waals surface area contributed by atoms with Gasteiger partial charge in [0.15, 0.2) is 0 Å². The predicted molar refractivity (Wildman–Crippen MR) is 158 cm³/mol. The van der Waals surface area contributed by atoms with Gasteiger partial charge in [0, 0.05) is 23.7 Å². The lowest BCUT2D eigenvalue weighted by atomic mass is 9.61. The number of aliphatic hydroxyl groups excluding tert-OH is 3. The van der Waals surface area contributed by atoms with Crippen LogP contribution in [-0.4, -0.2) is 38.6 Å². The van der Waals surface area contributed by atoms with E-state index < -0.39 is 18.3 Å². The van der Waals surface area contributed by atoms with Gasteiger partial charge in [0.2, 0.25) is 0 Å². The lowest BCUT2D eigenvalue weighted by molar-refractivity contribution is 0.0862. The van der Waals surface area contributed by atoms with Crippen molar-refractivity contribution in [1.29, 1.82) is 0 Å². The Morgan fingerprint density at radius 1 is 1.15 bits per heavy atom. The van der Waals surface area contributed by atoms with Crippen molar-refractivity contribution in [3.63, 3.8) is 0 Å². The molecule has 4 heteroatoms. The van der Waals surface area contributed by atoms with E-state index in [2.05, 4.69) is 68.8 Å². The third-order valence-corrected chi connectivity index (χ3v) is 10.8. The maximum atomic E-state index is 11.3. The normalized spacial score (nSPS) is 35.9. The number of rotatable bonds is 8. The second-order valence-corrected chi connectivity index (χ2v) is 13.3. The molecule has 0 radical (unpaired) electrons. The molecule has 3 N–H and O–H groups in total. The van der Waals surface area contributed by atoms with Crippen molar-refractivity contribution in [2.45, 2.75) is 115 Å². The van der Waals surface area contributed by atoms with Gasteiger partial charge in [0.05, 0.1) is 18.3 Å². The lowest BCUT2D eigenvalue weighted by Gasteiger charge is -2.44. The lowest BCUT2D eigenvalue weighted by Crippen LogP contribution is -2.35. The highest BCUT2D eigenvalue weighted by Gasteiger charge is 2.52. The number of hydrogen-bond acceptors (Lipinski definition) is 4. The van der Waals surface area contributed by atoms with Gasteiger partial charge in [0.1, 0.15) is 0 Å². The summed E-state index contributed by atoms with van der Waals surface area (Å²) in [6.45, 7) is 11.1. The summed E-state index contributed by atoms with van der Waals surface area (Å²) in [5.74, 6) is 1.57. The van der Waals surface area contributed by atoms with Crippen LogP contribution < -0.4 is 0 Å². The molecule has 4 saturated carbocycles. The Morgan fingerprint density at radius 3 is 2.69 bits per heavy atom. The Balaban J connectivity index is 1.28. The first-order valence-electron chi connectivity index (χ1n) is 15.4. The summed E-state index contributed by atoms with van der Waals surface area (Å²) in [7, 11) is 0. The minimum atomic E-state index is -0.639. The molecule has 1 aromatic heterocycles. The van der Waals surface area contributed by atoms with Crippen molar-refractivity contribution in [2.75, 3.05) is 0 Å². The molecule has 0 saturated heterocycles. The zero-order valence-corrected chi connectivity index (χ0v) is 24.3. The van der Waals surface area contributed by atoms with Crippen molar-refractivity contribution in [1.82, 2.24) is 4.98 Å². The minimum absolute atomic E-state index is 0.208. The monoisotopic (exact) mass is 531 g/mol. The second-order valence-electron chi connectivity index (χ2n) is 13.3. The molecule has 0 aliphatic heterocycles. The molecule has 0 amide bonds. The first kappa shape index (κ1) is 28.5. The van der Waals surface area contributed by atoms with E-state index in [0.29, 0.717) is 30.6 Å². The maximum Gasteiger partial charge on any atom is 0.0832 e. The molecule has 1 aromatic rings. The highest BCUT2D eigenvalue weighted by atomic mass is 16.3. The predicted octanol–water partition coefficient (Wildman–Crippen LogP) is 6.76. The Morgan fingerprint density at radius 2 is 1.95 bits per heavy atom. The highest BCUT2D eigenvalue weighted by molar-refractivity contribution is 5.39. The molecular formula is C35H49NO3. The van der Waals surface area contributed by atoms with Crippen molar-refractivity contribution in [3.05, 3.63) is 77.2 Å². The molecule has 4 aliphatic rings. The summed E-state index contributed by atoms with van der Waals surface area (Å²) in [5, 5.41) is 31.7. The molecule has 0 aromatic carbocycles. The molecule has 5 rings (SSSR count). The highest BCUT2D eigenvalue weighted by Crippen LogP contribution is 2.60. The molecule has 0 spiro atoms. The van der Waals surface area contributed by atoms with E-state index in [1.807, 2.05) is 6.20 Å². The zero-order chi connectivity index (χ0) is 27.8. The first-order valence-corrected chi connectivity index (χ1v) is 15.4. The average molecular weight is 532 g/mol. The number of aliphatic hydroxyl groups is 3. The van der Waals surface area contributed by atoms with Gasteiger partial charge in [-0.25, -0.2) is 0 Å². The van der Waals surface area contributed by atoms with E-state index >= 15 is 0 Å². The van der Waals surface area contributed by atoms with E-state index in [4.69, 9.17) is 0 Å². The summed E-state index contributed by atoms with van der Waals surface area (Å²) in [4.78, 5) is 4.68. The van der Waals surface area contributed by atoms with Crippen LogP contribution in [0.15, 0.2) is 65.9 Å². The standard InChI is InChI=1S/C35H49NO3/c1-5-7-25-15-19-36-32(20-25)35(17-18-35)33(39)14-9-23(2)29-12-13-30-26(8-6-16-34(29,30)4)10-11-27-21-28(37)22-31(38)24(27)3/h9-11,14-15,19-20,23,28-31,33,37-39H,3,5-8,12-13,16-18,21-22H2,1-2,4H3/b14-9+,26-10+,27-11-/t23-,28-,29-,30+,31+,33+,34-/m1/s1. The fourth-order valence-corrected chi connectivity index (χ4v) is 8.24. The topological polar surface area (TPSA) is 73.6 Å². The number of allylic oxidation sites excluding steroid dienone is 4. The fourth-order valence-electron chi connectivity index (χ4n) is 8.24. The van der Waals surface area contributed by atoms with Gasteiger partial charge in [-0.15, -0.1) is 0 Å². The fraction of sp³-hybridized carbons (Fsp3) is 0.629. The number of nitrogens with zero attached hydrogens (tertiary/aromatic N) is 1. The van der Waals surface area contributed by atoms with E-state index in [9.17, 15) is 15.3 Å². The van der Waals surface area contributed by atoms with Crippen LogP contribution in [0.4, 0.5) is 0 Å². The van der Waals surface area contributed by atoms with Gasteiger partial charge in [-0.1, -0.05) is 63.6 Å². The van der Waals surface area contributed by atoms with Crippen LogP contribution in [0.25, 0.3) is 0 Å². The third-order valence-electron chi connectivity index (χ3n) is 10.8. The quantitative estimate of drug-likeness (QED) is 0.324. The number of aromatic nitrogens is 1. The molecule has 7 atom stereocenters. The van der Waals surface area contributed by atoms with Crippen molar-refractivity contribution in [2.24, 2.45) is 23.2 Å². The number of aryl methyl sites for hydroxylation is 1. The van der Waals surface area contributed by atoms with Crippen LogP contribution >= 0.6 is 0 Å². The molecule has 212 valence electrons. The summed E-state index contributed by atoms with van der Waals surface area (Å²) >= 11 is 0. The number of hydrogen-bond donors (Lipinski definition) is 3. The van der Waals surface area contributed by atoms with Gasteiger partial charge < -0.3 is 15.3 Å². The van der Waals surface area contributed by atoms with Crippen LogP contribution in [-0.2, 0) is 11.8 Å². The second kappa shape index (κ2) is 11.5. The molecule has 39 heavy (non-hydrogen) atoms. The van der Waals surface area contributed by atoms with Crippen LogP contribution in [0.1, 0.15) is 96.2 Å². The van der Waals surface area contributed by atoms with Gasteiger partial charge in [-0.2, -0.15) is 0 Å². The van der Waals surface area contributed by atoms with Gasteiger partial charge in [-0.05, 0) is 110 Å². The molecule has 0 unspecified atom stereocenters. The molecule has 4 aliphatic carbocycles. The van der Waals surface area contributed by atoms with Gasteiger partial charge >= 0.3 is 0 Å². The number of fused-ring (bicyclic) bond motifs is 1. The summed E-state index contributed by atoms with van der Waals surface area (Å²) in [6.07, 6.45) is 20.2. The Kier molecular flexibility index (Phi) is 8.38. The largest absolute Gasteiger partial charge is 0.393 e. The van der Waals surface area contributed by atoms with Crippen LogP contribution in [0.2, 0.25) is 0 Å². The molecule has 4 fully saturated rings. The third kappa shape index (κ3) is 5.62. The average Bonchev–Trinajstić information content (AvgIpc) is 3.65. The Labute approximate surface area is 235 Å². The van der Waals surface area contributed by atoms with E-state index in [0.717, 1.165) is 48.9 Å². The molecule has 4 nitrogen and oxygen atoms in total.